The molecule has 1 aromatic heterocycles. The molecule has 4 heteroatoms. The van der Waals surface area contributed by atoms with Crippen LogP contribution in [-0.2, 0) is 11.3 Å². The predicted molar refractivity (Wildman–Crippen MR) is 68.5 cm³/mol. The van der Waals surface area contributed by atoms with E-state index in [1.54, 1.807) is 17.3 Å². The lowest BCUT2D eigenvalue weighted by molar-refractivity contribution is -0.130. The number of aromatic nitrogens is 1. The van der Waals surface area contributed by atoms with Gasteiger partial charge in [-0.25, -0.2) is 0 Å². The Kier molecular flexibility index (Phi) is 5.63. The first kappa shape index (κ1) is 13.6. The van der Waals surface area contributed by atoms with Crippen LogP contribution in [0.15, 0.2) is 24.5 Å². The van der Waals surface area contributed by atoms with E-state index in [1.807, 2.05) is 33.0 Å². The first-order valence-corrected chi connectivity index (χ1v) is 5.99. The third-order valence-corrected chi connectivity index (χ3v) is 2.60. The van der Waals surface area contributed by atoms with Gasteiger partial charge in [-0.3, -0.25) is 9.78 Å². The fourth-order valence-electron chi connectivity index (χ4n) is 1.69. The molecule has 1 amide bonds. The van der Waals surface area contributed by atoms with Crippen LogP contribution < -0.4 is 5.32 Å². The van der Waals surface area contributed by atoms with Crippen LogP contribution in [0.4, 0.5) is 0 Å². The predicted octanol–water partition coefficient (Wildman–Crippen LogP) is 1.43. The summed E-state index contributed by atoms with van der Waals surface area (Å²) in [5.74, 6) is 0.155. The Balaban J connectivity index is 2.42. The van der Waals surface area contributed by atoms with Crippen molar-refractivity contribution in [3.05, 3.63) is 30.1 Å². The molecule has 0 aliphatic rings. The molecule has 1 aromatic rings. The summed E-state index contributed by atoms with van der Waals surface area (Å²) in [6.45, 7) is 5.58. The molecule has 0 aromatic carbocycles. The molecule has 1 unspecified atom stereocenters. The Morgan fingerprint density at radius 3 is 2.94 bits per heavy atom. The maximum atomic E-state index is 11.9. The molecule has 1 atom stereocenters. The normalized spacial score (nSPS) is 12.2. The van der Waals surface area contributed by atoms with Crippen molar-refractivity contribution in [2.24, 2.45) is 0 Å². The zero-order valence-electron chi connectivity index (χ0n) is 10.8. The molecule has 1 N–H and O–H groups in total. The number of hydrogen-bond donors (Lipinski definition) is 1. The zero-order chi connectivity index (χ0) is 12.7. The van der Waals surface area contributed by atoms with E-state index in [9.17, 15) is 4.79 Å². The number of amides is 1. The third-order valence-electron chi connectivity index (χ3n) is 2.60. The SMILES string of the molecule is CCNC(C)CC(=O)N(C)Cc1cccnc1. The van der Waals surface area contributed by atoms with Gasteiger partial charge in [0.1, 0.15) is 0 Å². The minimum absolute atomic E-state index is 0.155. The van der Waals surface area contributed by atoms with Crippen molar-refractivity contribution in [3.63, 3.8) is 0 Å². The number of rotatable bonds is 6. The molecule has 0 radical (unpaired) electrons. The molecule has 1 rings (SSSR count). The van der Waals surface area contributed by atoms with E-state index in [1.165, 1.54) is 0 Å². The van der Waals surface area contributed by atoms with Gasteiger partial charge in [0.05, 0.1) is 0 Å². The fraction of sp³-hybridized carbons (Fsp3) is 0.538. The van der Waals surface area contributed by atoms with Crippen LogP contribution in [0.25, 0.3) is 0 Å². The van der Waals surface area contributed by atoms with Crippen LogP contribution in [-0.4, -0.2) is 35.4 Å². The van der Waals surface area contributed by atoms with Gasteiger partial charge in [0.15, 0.2) is 0 Å². The van der Waals surface area contributed by atoms with Crippen LogP contribution in [0.3, 0.4) is 0 Å². The average Bonchev–Trinajstić information content (AvgIpc) is 2.30. The highest BCUT2D eigenvalue weighted by atomic mass is 16.2. The molecule has 0 spiro atoms. The van der Waals surface area contributed by atoms with Crippen molar-refractivity contribution in [1.29, 1.82) is 0 Å². The molecule has 0 aliphatic carbocycles. The largest absolute Gasteiger partial charge is 0.341 e. The fourth-order valence-corrected chi connectivity index (χ4v) is 1.69. The van der Waals surface area contributed by atoms with E-state index in [4.69, 9.17) is 0 Å². The number of carbonyl (C=O) groups is 1. The topological polar surface area (TPSA) is 45.2 Å². The van der Waals surface area contributed by atoms with Crippen LogP contribution in [0, 0.1) is 0 Å². The molecular weight excluding hydrogens is 214 g/mol. The van der Waals surface area contributed by atoms with Crippen LogP contribution >= 0.6 is 0 Å². The highest BCUT2D eigenvalue weighted by Gasteiger charge is 2.12. The van der Waals surface area contributed by atoms with Crippen molar-refractivity contribution in [1.82, 2.24) is 15.2 Å². The molecule has 0 bridgehead atoms. The van der Waals surface area contributed by atoms with Crippen molar-refractivity contribution >= 4 is 5.91 Å². The van der Waals surface area contributed by atoms with Crippen molar-refractivity contribution in [3.8, 4) is 0 Å². The van der Waals surface area contributed by atoms with Crippen molar-refractivity contribution in [2.75, 3.05) is 13.6 Å². The van der Waals surface area contributed by atoms with Crippen molar-refractivity contribution in [2.45, 2.75) is 32.9 Å². The zero-order valence-corrected chi connectivity index (χ0v) is 10.8. The van der Waals surface area contributed by atoms with E-state index < -0.39 is 0 Å². The van der Waals surface area contributed by atoms with Gasteiger partial charge in [0.25, 0.3) is 0 Å². The van der Waals surface area contributed by atoms with E-state index in [0.717, 1.165) is 12.1 Å². The summed E-state index contributed by atoms with van der Waals surface area (Å²) in [5, 5.41) is 3.24. The Hall–Kier alpha value is -1.42. The van der Waals surface area contributed by atoms with Gasteiger partial charge in [0, 0.05) is 38.4 Å². The lowest BCUT2D eigenvalue weighted by Crippen LogP contribution is -2.34. The summed E-state index contributed by atoms with van der Waals surface area (Å²) in [6.07, 6.45) is 4.06. The van der Waals surface area contributed by atoms with E-state index in [0.29, 0.717) is 13.0 Å². The Labute approximate surface area is 103 Å². The maximum Gasteiger partial charge on any atom is 0.224 e. The van der Waals surface area contributed by atoms with E-state index in [-0.39, 0.29) is 11.9 Å². The first-order chi connectivity index (χ1) is 8.13. The average molecular weight is 235 g/mol. The minimum atomic E-state index is 0.155. The number of nitrogens with one attached hydrogen (secondary N) is 1. The van der Waals surface area contributed by atoms with Crippen LogP contribution in [0.2, 0.25) is 0 Å². The van der Waals surface area contributed by atoms with Crippen LogP contribution in [0.1, 0.15) is 25.8 Å². The molecule has 1 heterocycles. The molecule has 17 heavy (non-hydrogen) atoms. The molecule has 94 valence electrons. The summed E-state index contributed by atoms with van der Waals surface area (Å²) in [4.78, 5) is 17.7. The van der Waals surface area contributed by atoms with Gasteiger partial charge >= 0.3 is 0 Å². The molecular formula is C13H21N3O. The summed E-state index contributed by atoms with van der Waals surface area (Å²) < 4.78 is 0. The second-order valence-electron chi connectivity index (χ2n) is 4.27. The minimum Gasteiger partial charge on any atom is -0.341 e. The van der Waals surface area contributed by atoms with Gasteiger partial charge in [-0.15, -0.1) is 0 Å². The van der Waals surface area contributed by atoms with Gasteiger partial charge in [-0.2, -0.15) is 0 Å². The van der Waals surface area contributed by atoms with Crippen molar-refractivity contribution < 1.29 is 4.79 Å². The third kappa shape index (κ3) is 4.95. The summed E-state index contributed by atoms with van der Waals surface area (Å²) in [6, 6.07) is 4.09. The molecule has 0 saturated carbocycles. The quantitative estimate of drug-likeness (QED) is 0.811. The van der Waals surface area contributed by atoms with E-state index in [2.05, 4.69) is 10.3 Å². The second kappa shape index (κ2) is 7.01. The Morgan fingerprint density at radius 2 is 2.35 bits per heavy atom. The number of hydrogen-bond acceptors (Lipinski definition) is 3. The maximum absolute atomic E-state index is 11.9. The van der Waals surface area contributed by atoms with Gasteiger partial charge in [-0.05, 0) is 25.1 Å². The monoisotopic (exact) mass is 235 g/mol. The first-order valence-electron chi connectivity index (χ1n) is 5.99. The summed E-state index contributed by atoms with van der Waals surface area (Å²) in [7, 11) is 1.83. The smallest absolute Gasteiger partial charge is 0.224 e. The second-order valence-corrected chi connectivity index (χ2v) is 4.27. The Morgan fingerprint density at radius 1 is 1.59 bits per heavy atom. The number of pyridine rings is 1. The molecule has 0 fully saturated rings. The molecule has 0 aliphatic heterocycles. The van der Waals surface area contributed by atoms with Gasteiger partial charge in [0.2, 0.25) is 5.91 Å². The molecule has 4 nitrogen and oxygen atoms in total. The van der Waals surface area contributed by atoms with Gasteiger partial charge in [-0.1, -0.05) is 13.0 Å². The standard InChI is InChI=1S/C13H21N3O/c1-4-15-11(2)8-13(17)16(3)10-12-6-5-7-14-9-12/h5-7,9,11,15H,4,8,10H2,1-3H3. The lowest BCUT2D eigenvalue weighted by Gasteiger charge is -2.19. The van der Waals surface area contributed by atoms with Crippen LogP contribution in [0.5, 0.6) is 0 Å². The van der Waals surface area contributed by atoms with E-state index >= 15 is 0 Å². The lowest BCUT2D eigenvalue weighted by atomic mass is 10.2. The Bertz CT molecular complexity index is 340. The highest BCUT2D eigenvalue weighted by molar-refractivity contribution is 5.76. The highest BCUT2D eigenvalue weighted by Crippen LogP contribution is 2.03. The van der Waals surface area contributed by atoms with Gasteiger partial charge < -0.3 is 10.2 Å². The summed E-state index contributed by atoms with van der Waals surface area (Å²) >= 11 is 0. The summed E-state index contributed by atoms with van der Waals surface area (Å²) in [5.41, 5.74) is 1.06. The number of nitrogens with zero attached hydrogens (tertiary/aromatic N) is 2. The molecule has 0 saturated heterocycles. The number of carbonyl (C=O) groups excluding carboxylic acids is 1.